The number of ether oxygens (including phenoxy) is 3. The number of methoxy groups -OCH3 is 3. The van der Waals surface area contributed by atoms with Gasteiger partial charge in [0.05, 0.1) is 13.5 Å². The van der Waals surface area contributed by atoms with E-state index in [1.807, 2.05) is 6.92 Å². The lowest BCUT2D eigenvalue weighted by Crippen LogP contribution is -2.46. The lowest BCUT2D eigenvalue weighted by Gasteiger charge is -2.27. The summed E-state index contributed by atoms with van der Waals surface area (Å²) in [5.41, 5.74) is 0. The second kappa shape index (κ2) is 6.60. The van der Waals surface area contributed by atoms with Gasteiger partial charge in [-0.15, -0.1) is 0 Å². The minimum absolute atomic E-state index is 0.0865. The highest BCUT2D eigenvalue weighted by Crippen LogP contribution is 2.21. The van der Waals surface area contributed by atoms with Crippen LogP contribution in [0.5, 0.6) is 0 Å². The fourth-order valence-corrected chi connectivity index (χ4v) is 1.25. The summed E-state index contributed by atoms with van der Waals surface area (Å²) in [6, 6.07) is 0. The second-order valence-electron chi connectivity index (χ2n) is 3.61. The minimum Gasteiger partial charge on any atom is -0.465 e. The number of hydrogen-bond donors (Lipinski definition) is 0. The number of hydrogen-bond acceptors (Lipinski definition) is 5. The highest BCUT2D eigenvalue weighted by molar-refractivity contribution is 5.88. The first-order valence-electron chi connectivity index (χ1n) is 5.18. The maximum absolute atomic E-state index is 11.8. The number of rotatable bonds is 7. The topological polar surface area (TPSA) is 61.8 Å². The molecule has 16 heavy (non-hydrogen) atoms. The van der Waals surface area contributed by atoms with Crippen molar-refractivity contribution in [3.8, 4) is 0 Å². The van der Waals surface area contributed by atoms with Crippen molar-refractivity contribution in [1.82, 2.24) is 0 Å². The predicted molar refractivity (Wildman–Crippen MR) is 57.8 cm³/mol. The molecule has 0 aromatic carbocycles. The summed E-state index contributed by atoms with van der Waals surface area (Å²) in [5.74, 6) is -2.53. The summed E-state index contributed by atoms with van der Waals surface area (Å²) in [6.07, 6.45) is 0.575. The molecule has 0 aromatic heterocycles. The average Bonchev–Trinajstić information content (AvgIpc) is 2.33. The van der Waals surface area contributed by atoms with Crippen molar-refractivity contribution in [2.75, 3.05) is 21.3 Å². The van der Waals surface area contributed by atoms with Gasteiger partial charge in [0.1, 0.15) is 5.78 Å². The Balaban J connectivity index is 4.80. The molecule has 0 aromatic rings. The van der Waals surface area contributed by atoms with Gasteiger partial charge >= 0.3 is 5.97 Å². The van der Waals surface area contributed by atoms with Gasteiger partial charge in [0.15, 0.2) is 0 Å². The average molecular weight is 232 g/mol. The van der Waals surface area contributed by atoms with Crippen LogP contribution in [0.15, 0.2) is 0 Å². The Bertz CT molecular complexity index is 245. The quantitative estimate of drug-likeness (QED) is 0.487. The summed E-state index contributed by atoms with van der Waals surface area (Å²) < 4.78 is 14.5. The van der Waals surface area contributed by atoms with Crippen molar-refractivity contribution in [2.24, 2.45) is 5.92 Å². The van der Waals surface area contributed by atoms with Gasteiger partial charge in [0.2, 0.25) is 0 Å². The lowest BCUT2D eigenvalue weighted by atomic mass is 9.97. The largest absolute Gasteiger partial charge is 0.465 e. The minimum atomic E-state index is -1.62. The van der Waals surface area contributed by atoms with Crippen LogP contribution in [0.3, 0.4) is 0 Å². The van der Waals surface area contributed by atoms with Gasteiger partial charge < -0.3 is 14.2 Å². The number of carbonyl (C=O) groups is 2. The van der Waals surface area contributed by atoms with Gasteiger partial charge in [-0.05, 0) is 6.42 Å². The first-order valence-corrected chi connectivity index (χ1v) is 5.18. The van der Waals surface area contributed by atoms with Gasteiger partial charge in [0.25, 0.3) is 5.79 Å². The van der Waals surface area contributed by atoms with Gasteiger partial charge in [-0.1, -0.05) is 13.8 Å². The van der Waals surface area contributed by atoms with E-state index in [4.69, 9.17) is 9.47 Å². The molecular formula is C11H20O5. The SMILES string of the molecule is CCC(C)C(=O)CC(OC)(OC)C(=O)OC. The van der Waals surface area contributed by atoms with Crippen LogP contribution in [0.1, 0.15) is 26.7 Å². The van der Waals surface area contributed by atoms with Crippen LogP contribution in [0, 0.1) is 5.92 Å². The summed E-state index contributed by atoms with van der Waals surface area (Å²) in [6.45, 7) is 3.71. The summed E-state index contributed by atoms with van der Waals surface area (Å²) in [5, 5.41) is 0. The van der Waals surface area contributed by atoms with E-state index in [9.17, 15) is 9.59 Å². The van der Waals surface area contributed by atoms with Crippen LogP contribution in [0.2, 0.25) is 0 Å². The monoisotopic (exact) mass is 232 g/mol. The van der Waals surface area contributed by atoms with Crippen LogP contribution in [-0.2, 0) is 23.8 Å². The molecule has 94 valence electrons. The summed E-state index contributed by atoms with van der Waals surface area (Å²) >= 11 is 0. The Hall–Kier alpha value is -0.940. The predicted octanol–water partition coefficient (Wildman–Crippen LogP) is 1.15. The first kappa shape index (κ1) is 15.1. The normalized spacial score (nSPS) is 13.3. The van der Waals surface area contributed by atoms with Crippen LogP contribution >= 0.6 is 0 Å². The third kappa shape index (κ3) is 3.28. The summed E-state index contributed by atoms with van der Waals surface area (Å²) in [4.78, 5) is 23.3. The van der Waals surface area contributed by atoms with Crippen molar-refractivity contribution in [1.29, 1.82) is 0 Å². The van der Waals surface area contributed by atoms with Gasteiger partial charge in [0, 0.05) is 20.1 Å². The molecule has 0 bridgehead atoms. The highest BCUT2D eigenvalue weighted by Gasteiger charge is 2.43. The highest BCUT2D eigenvalue weighted by atomic mass is 16.7. The molecule has 0 heterocycles. The van der Waals surface area contributed by atoms with Gasteiger partial charge in [-0.2, -0.15) is 0 Å². The van der Waals surface area contributed by atoms with E-state index in [0.717, 1.165) is 0 Å². The van der Waals surface area contributed by atoms with E-state index in [2.05, 4.69) is 4.74 Å². The lowest BCUT2D eigenvalue weighted by molar-refractivity contribution is -0.229. The summed E-state index contributed by atoms with van der Waals surface area (Å²) in [7, 11) is 3.84. The van der Waals surface area contributed by atoms with Gasteiger partial charge in [-0.3, -0.25) is 4.79 Å². The molecule has 0 aliphatic carbocycles. The number of esters is 1. The fourth-order valence-electron chi connectivity index (χ4n) is 1.25. The Morgan fingerprint density at radius 3 is 2.00 bits per heavy atom. The van der Waals surface area contributed by atoms with Crippen LogP contribution in [0.25, 0.3) is 0 Å². The Morgan fingerprint density at radius 1 is 1.19 bits per heavy atom. The molecule has 0 aliphatic heterocycles. The standard InChI is InChI=1S/C11H20O5/c1-6-8(2)9(12)7-11(15-4,16-5)10(13)14-3/h8H,6-7H2,1-5H3. The molecule has 0 amide bonds. The van der Waals surface area contributed by atoms with E-state index in [-0.39, 0.29) is 18.1 Å². The Labute approximate surface area is 96.1 Å². The van der Waals surface area contributed by atoms with Crippen LogP contribution < -0.4 is 0 Å². The zero-order valence-electron chi connectivity index (χ0n) is 10.5. The van der Waals surface area contributed by atoms with Crippen LogP contribution in [-0.4, -0.2) is 38.9 Å². The zero-order valence-corrected chi connectivity index (χ0v) is 10.5. The molecule has 0 N–H and O–H groups in total. The van der Waals surface area contributed by atoms with Crippen molar-refractivity contribution in [3.05, 3.63) is 0 Å². The molecule has 1 atom stereocenters. The molecule has 5 nitrogen and oxygen atoms in total. The maximum Gasteiger partial charge on any atom is 0.367 e. The third-order valence-electron chi connectivity index (χ3n) is 2.72. The molecule has 0 radical (unpaired) electrons. The molecule has 0 fully saturated rings. The molecule has 0 rings (SSSR count). The van der Waals surface area contributed by atoms with E-state index in [1.165, 1.54) is 21.3 Å². The molecule has 1 unspecified atom stereocenters. The second-order valence-corrected chi connectivity index (χ2v) is 3.61. The number of ketones is 1. The Morgan fingerprint density at radius 2 is 1.69 bits per heavy atom. The van der Waals surface area contributed by atoms with E-state index in [0.29, 0.717) is 6.42 Å². The van der Waals surface area contributed by atoms with E-state index in [1.54, 1.807) is 6.92 Å². The van der Waals surface area contributed by atoms with Crippen LogP contribution in [0.4, 0.5) is 0 Å². The van der Waals surface area contributed by atoms with Crippen molar-refractivity contribution < 1.29 is 23.8 Å². The zero-order chi connectivity index (χ0) is 12.8. The first-order chi connectivity index (χ1) is 7.47. The van der Waals surface area contributed by atoms with Crippen molar-refractivity contribution >= 4 is 11.8 Å². The third-order valence-corrected chi connectivity index (χ3v) is 2.72. The van der Waals surface area contributed by atoms with Gasteiger partial charge in [-0.25, -0.2) is 4.79 Å². The fraction of sp³-hybridized carbons (Fsp3) is 0.818. The number of carbonyl (C=O) groups excluding carboxylic acids is 2. The molecule has 5 heteroatoms. The van der Waals surface area contributed by atoms with E-state index >= 15 is 0 Å². The van der Waals surface area contributed by atoms with Crippen molar-refractivity contribution in [2.45, 2.75) is 32.5 Å². The van der Waals surface area contributed by atoms with E-state index < -0.39 is 11.8 Å². The Kier molecular flexibility index (Phi) is 6.21. The molecule has 0 aliphatic rings. The smallest absolute Gasteiger partial charge is 0.367 e. The molecule has 0 saturated carbocycles. The number of Topliss-reactive ketones (excluding diaryl/α,β-unsaturated/α-hetero) is 1. The van der Waals surface area contributed by atoms with Crippen molar-refractivity contribution in [3.63, 3.8) is 0 Å². The molecule has 0 spiro atoms. The maximum atomic E-state index is 11.8. The molecule has 0 saturated heterocycles. The molecular weight excluding hydrogens is 212 g/mol.